The lowest BCUT2D eigenvalue weighted by molar-refractivity contribution is 1.50. The highest BCUT2D eigenvalue weighted by Crippen LogP contribution is 2.24. The van der Waals surface area contributed by atoms with Gasteiger partial charge < -0.3 is 11.5 Å². The van der Waals surface area contributed by atoms with Crippen LogP contribution in [0, 0.1) is 6.92 Å². The van der Waals surface area contributed by atoms with Crippen molar-refractivity contribution in [2.75, 3.05) is 5.73 Å². The maximum atomic E-state index is 5.69. The van der Waals surface area contributed by atoms with E-state index in [1.54, 1.807) is 17.4 Å². The van der Waals surface area contributed by atoms with Crippen LogP contribution in [0.2, 0.25) is 0 Å². The zero-order chi connectivity index (χ0) is 9.56. The summed E-state index contributed by atoms with van der Waals surface area (Å²) < 4.78 is 0. The monoisotopic (exact) mass is 184 g/mol. The van der Waals surface area contributed by atoms with Crippen LogP contribution in [0.3, 0.4) is 0 Å². The van der Waals surface area contributed by atoms with Crippen LogP contribution in [-0.4, -0.2) is 0 Å². The van der Waals surface area contributed by atoms with Crippen molar-refractivity contribution in [1.82, 2.24) is 0 Å². The molecule has 0 spiro atoms. The molecule has 3 heteroatoms. The number of nitrogens with two attached hydrogens (primary N) is 2. The van der Waals surface area contributed by atoms with Crippen molar-refractivity contribution in [3.8, 4) is 0 Å². The molecule has 68 valence electrons. The molecule has 1 rings (SSSR count). The molecule has 0 aromatic carbocycles. The minimum absolute atomic E-state index is 0.840. The maximum Gasteiger partial charge on any atom is 0.0526 e. The van der Waals surface area contributed by atoms with E-state index in [2.05, 4.69) is 0 Å². The smallest absolute Gasteiger partial charge is 0.0526 e. The van der Waals surface area contributed by atoms with Crippen molar-refractivity contribution in [3.05, 3.63) is 22.0 Å². The van der Waals surface area contributed by atoms with Crippen molar-refractivity contribution >= 4 is 23.1 Å². The molecule has 1 heterocycles. The normalized spacial score (nSPS) is 9.58. The summed E-state index contributed by atoms with van der Waals surface area (Å²) in [7, 11) is 0. The van der Waals surface area contributed by atoms with Crippen LogP contribution in [0.5, 0.6) is 0 Å². The fourth-order valence-corrected chi connectivity index (χ4v) is 1.47. The van der Waals surface area contributed by atoms with Gasteiger partial charge in [0.15, 0.2) is 0 Å². The second kappa shape index (κ2) is 5.66. The topological polar surface area (TPSA) is 52.0 Å². The lowest BCUT2D eigenvalue weighted by atomic mass is 10.2. The van der Waals surface area contributed by atoms with Crippen LogP contribution in [0.1, 0.15) is 24.3 Å². The molecular weight excluding hydrogens is 168 g/mol. The third kappa shape index (κ3) is 2.58. The first kappa shape index (κ1) is 11.0. The molecule has 0 aliphatic rings. The van der Waals surface area contributed by atoms with Gasteiger partial charge in [-0.05, 0) is 19.2 Å². The Morgan fingerprint density at radius 1 is 1.42 bits per heavy atom. The number of nitrogen functional groups attached to an aromatic ring is 1. The van der Waals surface area contributed by atoms with Crippen LogP contribution >= 0.6 is 11.3 Å². The van der Waals surface area contributed by atoms with Gasteiger partial charge in [0.25, 0.3) is 0 Å². The first-order chi connectivity index (χ1) is 5.75. The van der Waals surface area contributed by atoms with Gasteiger partial charge in [-0.2, -0.15) is 0 Å². The molecule has 0 fully saturated rings. The fourth-order valence-electron chi connectivity index (χ4n) is 0.715. The molecule has 0 saturated carbocycles. The molecule has 4 N–H and O–H groups in total. The number of hydrogen-bond acceptors (Lipinski definition) is 3. The van der Waals surface area contributed by atoms with Gasteiger partial charge in [-0.15, -0.1) is 11.3 Å². The first-order valence-corrected chi connectivity index (χ1v) is 4.85. The number of rotatable bonds is 1. The molecule has 12 heavy (non-hydrogen) atoms. The summed E-state index contributed by atoms with van der Waals surface area (Å²) in [6.07, 6.45) is 3.30. The third-order valence-corrected chi connectivity index (χ3v) is 2.27. The molecular formula is C9H16N2S. The maximum absolute atomic E-state index is 5.69. The summed E-state index contributed by atoms with van der Waals surface area (Å²) in [6.45, 7) is 5.99. The third-order valence-electron chi connectivity index (χ3n) is 1.33. The Hall–Kier alpha value is -0.960. The van der Waals surface area contributed by atoms with Gasteiger partial charge in [-0.1, -0.05) is 13.8 Å². The highest BCUT2D eigenvalue weighted by Gasteiger charge is 1.99. The second-order valence-electron chi connectivity index (χ2n) is 2.02. The van der Waals surface area contributed by atoms with E-state index < -0.39 is 0 Å². The lowest BCUT2D eigenvalue weighted by Gasteiger charge is -1.89. The largest absolute Gasteiger partial charge is 0.405 e. The summed E-state index contributed by atoms with van der Waals surface area (Å²) in [6, 6.07) is 0. The van der Waals surface area contributed by atoms with Gasteiger partial charge in [-0.3, -0.25) is 0 Å². The van der Waals surface area contributed by atoms with Crippen LogP contribution in [0.25, 0.3) is 6.08 Å². The molecule has 1 aromatic rings. The summed E-state index contributed by atoms with van der Waals surface area (Å²) in [5, 5.41) is 1.99. The Labute approximate surface area is 77.9 Å². The summed E-state index contributed by atoms with van der Waals surface area (Å²) >= 11 is 1.64. The molecule has 0 radical (unpaired) electrons. The van der Waals surface area contributed by atoms with Gasteiger partial charge in [0.1, 0.15) is 0 Å². The lowest BCUT2D eigenvalue weighted by Crippen LogP contribution is -1.86. The molecule has 0 aliphatic heterocycles. The average Bonchev–Trinajstić information content (AvgIpc) is 2.41. The van der Waals surface area contributed by atoms with Gasteiger partial charge in [0.05, 0.1) is 5.69 Å². The summed E-state index contributed by atoms with van der Waals surface area (Å²) in [4.78, 5) is 1.15. The van der Waals surface area contributed by atoms with Crippen LogP contribution in [-0.2, 0) is 0 Å². The van der Waals surface area contributed by atoms with Crippen molar-refractivity contribution in [3.63, 3.8) is 0 Å². The molecule has 0 bridgehead atoms. The van der Waals surface area contributed by atoms with Gasteiger partial charge in [0, 0.05) is 15.8 Å². The molecule has 1 aromatic heterocycles. The minimum Gasteiger partial charge on any atom is -0.405 e. The highest BCUT2D eigenvalue weighted by molar-refractivity contribution is 7.10. The van der Waals surface area contributed by atoms with E-state index in [-0.39, 0.29) is 0 Å². The van der Waals surface area contributed by atoms with E-state index in [0.29, 0.717) is 0 Å². The highest BCUT2D eigenvalue weighted by atomic mass is 32.1. The Kier molecular flexibility index (Phi) is 5.21. The van der Waals surface area contributed by atoms with Gasteiger partial charge in [0.2, 0.25) is 0 Å². The Balaban J connectivity index is 0.000000561. The predicted octanol–water partition coefficient (Wildman–Crippen LogP) is 2.59. The van der Waals surface area contributed by atoms with Crippen LogP contribution in [0.15, 0.2) is 11.6 Å². The van der Waals surface area contributed by atoms with Crippen molar-refractivity contribution < 1.29 is 0 Å². The molecule has 0 amide bonds. The van der Waals surface area contributed by atoms with E-state index >= 15 is 0 Å². The number of hydrogen-bond donors (Lipinski definition) is 2. The van der Waals surface area contributed by atoms with Crippen molar-refractivity contribution in [2.24, 2.45) is 5.73 Å². The molecule has 0 atom stereocenters. The summed E-state index contributed by atoms with van der Waals surface area (Å²) in [5.41, 5.74) is 12.8. The predicted molar refractivity (Wildman–Crippen MR) is 58.0 cm³/mol. The zero-order valence-corrected chi connectivity index (χ0v) is 8.61. The van der Waals surface area contributed by atoms with E-state index in [9.17, 15) is 0 Å². The average molecular weight is 184 g/mol. The first-order valence-electron chi connectivity index (χ1n) is 3.97. The number of anilines is 1. The minimum atomic E-state index is 0.840. The number of thiophene rings is 1. The quantitative estimate of drug-likeness (QED) is 0.705. The van der Waals surface area contributed by atoms with Crippen LogP contribution < -0.4 is 11.5 Å². The molecule has 0 unspecified atom stereocenters. The van der Waals surface area contributed by atoms with Crippen LogP contribution in [0.4, 0.5) is 5.69 Å². The van der Waals surface area contributed by atoms with E-state index in [1.807, 2.05) is 26.2 Å². The van der Waals surface area contributed by atoms with E-state index in [1.165, 1.54) is 6.20 Å². The second-order valence-corrected chi connectivity index (χ2v) is 3.10. The number of aryl methyl sites for hydroxylation is 1. The Bertz CT molecular complexity index is 251. The fraction of sp³-hybridized carbons (Fsp3) is 0.333. The van der Waals surface area contributed by atoms with Gasteiger partial charge in [-0.25, -0.2) is 0 Å². The van der Waals surface area contributed by atoms with Gasteiger partial charge >= 0.3 is 0 Å². The SMILES string of the molecule is CC.Cc1scc(/C=C\N)c1N. The standard InChI is InChI=1S/C7H10N2S.C2H6/c1-5-7(9)6(2-3-8)4-10-5;1-2/h2-4H,8-9H2,1H3;1-2H3/b3-2-;. The summed E-state index contributed by atoms with van der Waals surface area (Å²) in [5.74, 6) is 0. The zero-order valence-electron chi connectivity index (χ0n) is 7.79. The van der Waals surface area contributed by atoms with E-state index in [0.717, 1.165) is 16.1 Å². The van der Waals surface area contributed by atoms with E-state index in [4.69, 9.17) is 11.5 Å². The van der Waals surface area contributed by atoms with Crippen molar-refractivity contribution in [1.29, 1.82) is 0 Å². The Morgan fingerprint density at radius 2 is 2.00 bits per heavy atom. The molecule has 0 aliphatic carbocycles. The Morgan fingerprint density at radius 3 is 2.33 bits per heavy atom. The molecule has 0 saturated heterocycles. The molecule has 2 nitrogen and oxygen atoms in total. The van der Waals surface area contributed by atoms with Crippen molar-refractivity contribution in [2.45, 2.75) is 20.8 Å².